The topological polar surface area (TPSA) is 55.1 Å². The number of benzene rings is 1. The lowest BCUT2D eigenvalue weighted by atomic mass is 9.94. The van der Waals surface area contributed by atoms with Crippen LogP contribution in [0.15, 0.2) is 34.8 Å². The van der Waals surface area contributed by atoms with Gasteiger partial charge in [0, 0.05) is 23.6 Å². The molecule has 0 radical (unpaired) electrons. The minimum atomic E-state index is -0.769. The molecule has 0 fully saturated rings. The molecule has 0 saturated heterocycles. The van der Waals surface area contributed by atoms with Gasteiger partial charge >= 0.3 is 5.97 Å². The van der Waals surface area contributed by atoms with Crippen molar-refractivity contribution in [1.29, 1.82) is 0 Å². The maximum atomic E-state index is 11.5. The smallest absolute Gasteiger partial charge is 0.307 e. The molecule has 1 atom stereocenters. The van der Waals surface area contributed by atoms with Crippen molar-refractivity contribution in [3.8, 4) is 0 Å². The fourth-order valence-corrected chi connectivity index (χ4v) is 2.83. The number of aromatic nitrogens is 2. The van der Waals surface area contributed by atoms with E-state index in [4.69, 9.17) is 0 Å². The van der Waals surface area contributed by atoms with Crippen LogP contribution in [-0.2, 0) is 31.1 Å². The van der Waals surface area contributed by atoms with Crippen LogP contribution in [0.3, 0.4) is 0 Å². The SMILES string of the molecule is CCc1cc(CC(Cc2cccc(Br)c2)C(=O)O)n(C)n1. The van der Waals surface area contributed by atoms with Gasteiger partial charge in [-0.05, 0) is 36.6 Å². The molecular weight excluding hydrogens is 332 g/mol. The van der Waals surface area contributed by atoms with Crippen molar-refractivity contribution in [2.45, 2.75) is 26.2 Å². The molecule has 0 spiro atoms. The lowest BCUT2D eigenvalue weighted by Gasteiger charge is -2.12. The Bertz CT molecular complexity index is 637. The number of hydrogen-bond acceptors (Lipinski definition) is 2. The Kier molecular flexibility index (Phi) is 5.17. The summed E-state index contributed by atoms with van der Waals surface area (Å²) < 4.78 is 2.76. The van der Waals surface area contributed by atoms with E-state index in [-0.39, 0.29) is 0 Å². The van der Waals surface area contributed by atoms with Crippen molar-refractivity contribution >= 4 is 21.9 Å². The Balaban J connectivity index is 2.15. The van der Waals surface area contributed by atoms with Gasteiger partial charge in [-0.2, -0.15) is 5.10 Å². The van der Waals surface area contributed by atoms with E-state index in [0.717, 1.165) is 27.8 Å². The molecule has 1 N–H and O–H groups in total. The summed E-state index contributed by atoms with van der Waals surface area (Å²) >= 11 is 3.42. The minimum absolute atomic E-state index is 0.445. The van der Waals surface area contributed by atoms with Gasteiger partial charge in [-0.3, -0.25) is 9.48 Å². The van der Waals surface area contributed by atoms with Crippen molar-refractivity contribution in [3.63, 3.8) is 0 Å². The lowest BCUT2D eigenvalue weighted by Crippen LogP contribution is -2.20. The van der Waals surface area contributed by atoms with Crippen LogP contribution >= 0.6 is 15.9 Å². The number of carboxylic acids is 1. The lowest BCUT2D eigenvalue weighted by molar-refractivity contribution is -0.141. The van der Waals surface area contributed by atoms with Crippen molar-refractivity contribution in [2.75, 3.05) is 0 Å². The van der Waals surface area contributed by atoms with E-state index in [2.05, 4.69) is 21.0 Å². The third-order valence-corrected chi connectivity index (χ3v) is 4.06. The molecule has 1 heterocycles. The molecule has 2 rings (SSSR count). The zero-order valence-electron chi connectivity index (χ0n) is 12.2. The van der Waals surface area contributed by atoms with Gasteiger partial charge < -0.3 is 5.11 Å². The van der Waals surface area contributed by atoms with Crippen molar-refractivity contribution in [3.05, 3.63) is 51.8 Å². The number of carbonyl (C=O) groups is 1. The number of aryl methyl sites for hydroxylation is 2. The Hall–Kier alpha value is -1.62. The van der Waals surface area contributed by atoms with Gasteiger partial charge in [0.15, 0.2) is 0 Å². The van der Waals surface area contributed by atoms with Crippen molar-refractivity contribution in [1.82, 2.24) is 9.78 Å². The first-order chi connectivity index (χ1) is 9.99. The largest absolute Gasteiger partial charge is 0.481 e. The maximum Gasteiger partial charge on any atom is 0.307 e. The molecule has 1 aromatic heterocycles. The highest BCUT2D eigenvalue weighted by atomic mass is 79.9. The molecule has 0 aliphatic rings. The summed E-state index contributed by atoms with van der Waals surface area (Å²) in [5, 5.41) is 13.9. The molecule has 1 unspecified atom stereocenters. The highest BCUT2D eigenvalue weighted by molar-refractivity contribution is 9.10. The van der Waals surface area contributed by atoms with Gasteiger partial charge in [-0.15, -0.1) is 0 Å². The van der Waals surface area contributed by atoms with Crippen LogP contribution in [0.4, 0.5) is 0 Å². The monoisotopic (exact) mass is 350 g/mol. The summed E-state index contributed by atoms with van der Waals surface area (Å²) in [5.74, 6) is -1.21. The van der Waals surface area contributed by atoms with Gasteiger partial charge in [-0.1, -0.05) is 35.0 Å². The Morgan fingerprint density at radius 1 is 1.38 bits per heavy atom. The van der Waals surface area contributed by atoms with Crippen LogP contribution in [0.5, 0.6) is 0 Å². The van der Waals surface area contributed by atoms with Gasteiger partial charge in [0.2, 0.25) is 0 Å². The predicted octanol–water partition coefficient (Wildman–Crippen LogP) is 3.23. The molecule has 1 aromatic carbocycles. The van der Waals surface area contributed by atoms with E-state index in [1.165, 1.54) is 0 Å². The fourth-order valence-electron chi connectivity index (χ4n) is 2.38. The summed E-state index contributed by atoms with van der Waals surface area (Å²) in [6, 6.07) is 9.79. The van der Waals surface area contributed by atoms with Gasteiger partial charge in [0.1, 0.15) is 0 Å². The van der Waals surface area contributed by atoms with E-state index < -0.39 is 11.9 Å². The molecule has 112 valence electrons. The number of aliphatic carboxylic acids is 1. The Morgan fingerprint density at radius 3 is 2.71 bits per heavy atom. The first-order valence-electron chi connectivity index (χ1n) is 6.98. The zero-order chi connectivity index (χ0) is 15.4. The molecule has 0 aliphatic carbocycles. The Labute approximate surface area is 132 Å². The third kappa shape index (κ3) is 4.17. The van der Waals surface area contributed by atoms with E-state index in [1.54, 1.807) is 4.68 Å². The number of rotatable bonds is 6. The number of halogens is 1. The summed E-state index contributed by atoms with van der Waals surface area (Å²) in [6.45, 7) is 2.04. The van der Waals surface area contributed by atoms with Crippen LogP contribution in [0.2, 0.25) is 0 Å². The van der Waals surface area contributed by atoms with E-state index >= 15 is 0 Å². The normalized spacial score (nSPS) is 12.3. The summed E-state index contributed by atoms with van der Waals surface area (Å²) in [6.07, 6.45) is 1.87. The van der Waals surface area contributed by atoms with Gasteiger partial charge in [0.05, 0.1) is 11.6 Å². The highest BCUT2D eigenvalue weighted by Crippen LogP contribution is 2.19. The van der Waals surface area contributed by atoms with Gasteiger partial charge in [-0.25, -0.2) is 0 Å². The van der Waals surface area contributed by atoms with Crippen LogP contribution in [0, 0.1) is 5.92 Å². The Morgan fingerprint density at radius 2 is 2.14 bits per heavy atom. The van der Waals surface area contributed by atoms with E-state index in [9.17, 15) is 9.90 Å². The van der Waals surface area contributed by atoms with Gasteiger partial charge in [0.25, 0.3) is 0 Å². The minimum Gasteiger partial charge on any atom is -0.481 e. The zero-order valence-corrected chi connectivity index (χ0v) is 13.8. The quantitative estimate of drug-likeness (QED) is 0.869. The molecule has 4 nitrogen and oxygen atoms in total. The number of nitrogens with zero attached hydrogens (tertiary/aromatic N) is 2. The number of hydrogen-bond donors (Lipinski definition) is 1. The van der Waals surface area contributed by atoms with Crippen LogP contribution in [-0.4, -0.2) is 20.9 Å². The first kappa shape index (κ1) is 15.8. The molecule has 0 bridgehead atoms. The standard InChI is InChI=1S/C16H19BrN2O2/c1-3-14-10-15(19(2)18-14)9-12(16(20)21)7-11-5-4-6-13(17)8-11/h4-6,8,10,12H,3,7,9H2,1-2H3,(H,20,21). The summed E-state index contributed by atoms with van der Waals surface area (Å²) in [7, 11) is 1.87. The van der Waals surface area contributed by atoms with E-state index in [0.29, 0.717) is 12.8 Å². The molecule has 2 aromatic rings. The first-order valence-corrected chi connectivity index (χ1v) is 7.78. The summed E-state index contributed by atoms with van der Waals surface area (Å²) in [4.78, 5) is 11.5. The molecule has 0 saturated carbocycles. The average molecular weight is 351 g/mol. The van der Waals surface area contributed by atoms with Crippen molar-refractivity contribution in [2.24, 2.45) is 13.0 Å². The van der Waals surface area contributed by atoms with Crippen LogP contribution in [0.1, 0.15) is 23.9 Å². The van der Waals surface area contributed by atoms with Crippen LogP contribution < -0.4 is 0 Å². The van der Waals surface area contributed by atoms with Crippen LogP contribution in [0.25, 0.3) is 0 Å². The second-order valence-electron chi connectivity index (χ2n) is 5.18. The highest BCUT2D eigenvalue weighted by Gasteiger charge is 2.20. The van der Waals surface area contributed by atoms with E-state index in [1.807, 2.05) is 44.3 Å². The molecule has 0 aliphatic heterocycles. The fraction of sp³-hybridized carbons (Fsp3) is 0.375. The number of carboxylic acid groups (broad SMARTS) is 1. The predicted molar refractivity (Wildman–Crippen MR) is 85.3 cm³/mol. The maximum absolute atomic E-state index is 11.5. The van der Waals surface area contributed by atoms with Crippen molar-refractivity contribution < 1.29 is 9.90 Å². The molecule has 0 amide bonds. The molecule has 5 heteroatoms. The third-order valence-electron chi connectivity index (χ3n) is 3.57. The summed E-state index contributed by atoms with van der Waals surface area (Å²) in [5.41, 5.74) is 2.99. The second-order valence-corrected chi connectivity index (χ2v) is 6.09. The molecular formula is C16H19BrN2O2. The molecule has 21 heavy (non-hydrogen) atoms. The average Bonchev–Trinajstić information content (AvgIpc) is 2.78. The second kappa shape index (κ2) is 6.89.